The van der Waals surface area contributed by atoms with E-state index in [1.807, 2.05) is 12.1 Å². The van der Waals surface area contributed by atoms with Gasteiger partial charge in [0.1, 0.15) is 22.5 Å². The van der Waals surface area contributed by atoms with Gasteiger partial charge in [-0.05, 0) is 55.0 Å². The molecule has 0 N–H and O–H groups in total. The van der Waals surface area contributed by atoms with E-state index in [1.165, 1.54) is 33.8 Å². The largest absolute Gasteiger partial charge is 0.456 e. The molecule has 0 radical (unpaired) electrons. The maximum absolute atomic E-state index is 6.01. The zero-order valence-corrected chi connectivity index (χ0v) is 18.3. The minimum Gasteiger partial charge on any atom is -0.456 e. The van der Waals surface area contributed by atoms with Crippen LogP contribution in [-0.4, -0.2) is 21.1 Å². The number of fused-ring (bicyclic) bond motifs is 6. The standard InChI is InChI=1S/C28H25N2O/c1-18-9-12-21-22-13-10-20(17-26(22)30(3,4)25(21)15-18)29(2)19-11-14-28-24(16-19)23-7-5-6-8-27(23)31-28/h5-17H,1-4H3/q+1. The molecular weight excluding hydrogens is 380 g/mol. The zero-order valence-electron chi connectivity index (χ0n) is 18.3. The Hall–Kier alpha value is -3.56. The molecule has 2 heterocycles. The number of nitrogens with zero attached hydrogens (tertiary/aromatic N) is 2. The summed E-state index contributed by atoms with van der Waals surface area (Å²) in [5.41, 5.74) is 10.9. The van der Waals surface area contributed by atoms with Crippen molar-refractivity contribution in [1.82, 2.24) is 4.48 Å². The van der Waals surface area contributed by atoms with E-state index in [4.69, 9.17) is 4.42 Å². The number of hydrogen-bond acceptors (Lipinski definition) is 2. The summed E-state index contributed by atoms with van der Waals surface area (Å²) >= 11 is 0. The van der Waals surface area contributed by atoms with Gasteiger partial charge in [0.05, 0.1) is 14.1 Å². The van der Waals surface area contributed by atoms with E-state index in [0.29, 0.717) is 0 Å². The fraction of sp³-hybridized carbons (Fsp3) is 0.143. The van der Waals surface area contributed by atoms with E-state index in [9.17, 15) is 0 Å². The summed E-state index contributed by atoms with van der Waals surface area (Å²) in [5, 5.41) is 2.31. The number of para-hydroxylation sites is 1. The SMILES string of the molecule is Cc1ccc2c(c1)[N+](C)(C)c1cc(N(C)c3ccc4oc5ccccc5c4c3)ccc1-2. The first-order valence-corrected chi connectivity index (χ1v) is 10.7. The van der Waals surface area contributed by atoms with E-state index in [-0.39, 0.29) is 0 Å². The number of rotatable bonds is 2. The maximum atomic E-state index is 6.01. The van der Waals surface area contributed by atoms with Crippen LogP contribution in [0.25, 0.3) is 33.1 Å². The molecule has 0 aliphatic carbocycles. The van der Waals surface area contributed by atoms with Crippen molar-refractivity contribution in [2.45, 2.75) is 6.92 Å². The summed E-state index contributed by atoms with van der Waals surface area (Å²) in [7, 11) is 6.69. The summed E-state index contributed by atoms with van der Waals surface area (Å²) in [4.78, 5) is 2.26. The topological polar surface area (TPSA) is 16.4 Å². The molecule has 4 aromatic carbocycles. The highest BCUT2D eigenvalue weighted by Gasteiger charge is 2.37. The molecule has 0 fully saturated rings. The fourth-order valence-corrected chi connectivity index (χ4v) is 4.95. The van der Waals surface area contributed by atoms with Crippen molar-refractivity contribution in [3.8, 4) is 11.1 Å². The molecule has 0 amide bonds. The minimum atomic E-state index is 0.763. The highest BCUT2D eigenvalue weighted by Crippen LogP contribution is 2.52. The van der Waals surface area contributed by atoms with Crippen molar-refractivity contribution in [3.05, 3.63) is 84.4 Å². The lowest BCUT2D eigenvalue weighted by molar-refractivity contribution is 0.568. The molecule has 0 atom stereocenters. The number of benzene rings is 4. The third kappa shape index (κ3) is 2.57. The Bertz CT molecular complexity index is 1490. The highest BCUT2D eigenvalue weighted by molar-refractivity contribution is 6.06. The molecule has 1 aromatic heterocycles. The molecule has 0 unspecified atom stereocenters. The molecule has 0 saturated carbocycles. The zero-order chi connectivity index (χ0) is 21.3. The highest BCUT2D eigenvalue weighted by atomic mass is 16.3. The molecule has 0 bridgehead atoms. The van der Waals surface area contributed by atoms with Gasteiger partial charge in [-0.3, -0.25) is 4.48 Å². The fourth-order valence-electron chi connectivity index (χ4n) is 4.95. The number of aryl methyl sites for hydroxylation is 1. The first-order chi connectivity index (χ1) is 14.9. The van der Waals surface area contributed by atoms with E-state index in [0.717, 1.165) is 32.1 Å². The van der Waals surface area contributed by atoms with Crippen LogP contribution in [0.4, 0.5) is 22.7 Å². The first kappa shape index (κ1) is 18.2. The molecule has 31 heavy (non-hydrogen) atoms. The Morgan fingerprint density at radius 3 is 2.16 bits per heavy atom. The molecule has 3 heteroatoms. The average molecular weight is 406 g/mol. The van der Waals surface area contributed by atoms with Gasteiger partial charge in [-0.1, -0.05) is 24.3 Å². The second-order valence-electron chi connectivity index (χ2n) is 9.01. The molecule has 0 spiro atoms. The smallest absolute Gasteiger partial charge is 0.147 e. The van der Waals surface area contributed by atoms with Crippen LogP contribution in [0, 0.1) is 6.92 Å². The van der Waals surface area contributed by atoms with Crippen LogP contribution in [0.1, 0.15) is 5.56 Å². The monoisotopic (exact) mass is 405 g/mol. The van der Waals surface area contributed by atoms with Gasteiger partial charge in [-0.25, -0.2) is 0 Å². The summed E-state index contributed by atoms with van der Waals surface area (Å²) in [6, 6.07) is 28.3. The van der Waals surface area contributed by atoms with Crippen molar-refractivity contribution >= 4 is 44.7 Å². The number of furan rings is 1. The summed E-state index contributed by atoms with van der Waals surface area (Å²) in [5.74, 6) is 0. The second kappa shape index (κ2) is 6.22. The van der Waals surface area contributed by atoms with Crippen LogP contribution in [0.2, 0.25) is 0 Å². The lowest BCUT2D eigenvalue weighted by Crippen LogP contribution is -2.32. The van der Waals surface area contributed by atoms with E-state index >= 15 is 0 Å². The van der Waals surface area contributed by atoms with Gasteiger partial charge in [0.2, 0.25) is 0 Å². The lowest BCUT2D eigenvalue weighted by Gasteiger charge is -2.27. The molecule has 5 aromatic rings. The summed E-state index contributed by atoms with van der Waals surface area (Å²) in [6.07, 6.45) is 0. The molecule has 6 rings (SSSR count). The predicted octanol–water partition coefficient (Wildman–Crippen LogP) is 7.54. The molecule has 3 nitrogen and oxygen atoms in total. The van der Waals surface area contributed by atoms with Crippen molar-refractivity contribution in [3.63, 3.8) is 0 Å². The predicted molar refractivity (Wildman–Crippen MR) is 132 cm³/mol. The van der Waals surface area contributed by atoms with Crippen LogP contribution >= 0.6 is 0 Å². The second-order valence-corrected chi connectivity index (χ2v) is 9.01. The summed E-state index contributed by atoms with van der Waals surface area (Å²) < 4.78 is 6.77. The lowest BCUT2D eigenvalue weighted by atomic mass is 10.0. The van der Waals surface area contributed by atoms with Crippen LogP contribution in [0.3, 0.4) is 0 Å². The van der Waals surface area contributed by atoms with Crippen molar-refractivity contribution in [1.29, 1.82) is 0 Å². The molecule has 0 saturated heterocycles. The van der Waals surface area contributed by atoms with Gasteiger partial charge in [-0.15, -0.1) is 0 Å². The van der Waals surface area contributed by atoms with Crippen molar-refractivity contribution < 1.29 is 4.42 Å². The number of quaternary nitrogens is 1. The van der Waals surface area contributed by atoms with E-state index in [2.05, 4.69) is 99.7 Å². The van der Waals surface area contributed by atoms with Crippen molar-refractivity contribution in [2.75, 3.05) is 26.0 Å². The Morgan fingerprint density at radius 2 is 1.32 bits per heavy atom. The maximum Gasteiger partial charge on any atom is 0.147 e. The van der Waals surface area contributed by atoms with Gasteiger partial charge >= 0.3 is 0 Å². The van der Waals surface area contributed by atoms with Gasteiger partial charge in [0.15, 0.2) is 0 Å². The number of anilines is 2. The van der Waals surface area contributed by atoms with Gasteiger partial charge < -0.3 is 9.32 Å². The van der Waals surface area contributed by atoms with Crippen LogP contribution in [0.15, 0.2) is 83.3 Å². The Balaban J connectivity index is 1.45. The van der Waals surface area contributed by atoms with E-state index < -0.39 is 0 Å². The number of hydrogen-bond donors (Lipinski definition) is 0. The normalized spacial score (nSPS) is 14.1. The molecular formula is C28H25N2O+. The van der Waals surface area contributed by atoms with Gasteiger partial charge in [-0.2, -0.15) is 0 Å². The summed E-state index contributed by atoms with van der Waals surface area (Å²) in [6.45, 7) is 2.16. The third-order valence-corrected chi connectivity index (χ3v) is 6.76. The molecule has 1 aliphatic heterocycles. The quantitative estimate of drug-likeness (QED) is 0.282. The van der Waals surface area contributed by atoms with Crippen LogP contribution in [-0.2, 0) is 0 Å². The first-order valence-electron chi connectivity index (χ1n) is 10.7. The van der Waals surface area contributed by atoms with Gasteiger partial charge in [0, 0.05) is 52.5 Å². The molecule has 1 aliphatic rings. The average Bonchev–Trinajstić information content (AvgIpc) is 3.25. The van der Waals surface area contributed by atoms with Crippen LogP contribution in [0.5, 0.6) is 0 Å². The minimum absolute atomic E-state index is 0.763. The third-order valence-electron chi connectivity index (χ3n) is 6.76. The van der Waals surface area contributed by atoms with Crippen LogP contribution < -0.4 is 9.38 Å². The Kier molecular flexibility index (Phi) is 3.66. The Labute approximate surface area is 182 Å². The van der Waals surface area contributed by atoms with Crippen molar-refractivity contribution in [2.24, 2.45) is 0 Å². The molecule has 152 valence electrons. The Morgan fingerprint density at radius 1 is 0.677 bits per heavy atom. The van der Waals surface area contributed by atoms with Gasteiger partial charge in [0.25, 0.3) is 0 Å². The van der Waals surface area contributed by atoms with E-state index in [1.54, 1.807) is 0 Å².